The van der Waals surface area contributed by atoms with Gasteiger partial charge in [0.2, 0.25) is 0 Å². The van der Waals surface area contributed by atoms with E-state index in [1.165, 1.54) is 18.5 Å². The molecule has 6 nitrogen and oxygen atoms in total. The number of anilines is 3. The van der Waals surface area contributed by atoms with E-state index in [1.807, 2.05) is 18.2 Å². The van der Waals surface area contributed by atoms with Gasteiger partial charge in [-0.15, -0.1) is 0 Å². The summed E-state index contributed by atoms with van der Waals surface area (Å²) in [5.41, 5.74) is 2.65. The second-order valence-corrected chi connectivity index (χ2v) is 6.70. The molecule has 2 aromatic rings. The predicted octanol–water partition coefficient (Wildman–Crippen LogP) is 2.77. The van der Waals surface area contributed by atoms with Gasteiger partial charge in [-0.1, -0.05) is 0 Å². The molecule has 3 heterocycles. The Morgan fingerprint density at radius 3 is 2.42 bits per heavy atom. The van der Waals surface area contributed by atoms with Crippen LogP contribution in [-0.4, -0.2) is 50.3 Å². The summed E-state index contributed by atoms with van der Waals surface area (Å²) in [5, 5.41) is 2.98. The number of hydrogen-bond donors (Lipinski definition) is 1. The Balaban J connectivity index is 1.42. The van der Waals surface area contributed by atoms with Crippen molar-refractivity contribution in [2.24, 2.45) is 0 Å². The van der Waals surface area contributed by atoms with Gasteiger partial charge in [0, 0.05) is 49.3 Å². The van der Waals surface area contributed by atoms with Gasteiger partial charge in [-0.05, 0) is 49.2 Å². The molecule has 0 spiro atoms. The van der Waals surface area contributed by atoms with Crippen LogP contribution in [-0.2, 0) is 4.74 Å². The van der Waals surface area contributed by atoms with Crippen LogP contribution in [0, 0.1) is 0 Å². The molecule has 1 aromatic carbocycles. The fourth-order valence-corrected chi connectivity index (χ4v) is 3.46. The Morgan fingerprint density at radius 2 is 1.69 bits per heavy atom. The molecule has 0 aliphatic carbocycles. The van der Waals surface area contributed by atoms with E-state index in [9.17, 15) is 4.79 Å². The van der Waals surface area contributed by atoms with E-state index in [0.29, 0.717) is 18.8 Å². The van der Waals surface area contributed by atoms with E-state index in [1.54, 1.807) is 12.3 Å². The third kappa shape index (κ3) is 3.80. The zero-order chi connectivity index (χ0) is 17.8. The van der Waals surface area contributed by atoms with Crippen LogP contribution in [0.5, 0.6) is 0 Å². The maximum Gasteiger partial charge on any atom is 0.255 e. The van der Waals surface area contributed by atoms with E-state index in [0.717, 1.165) is 37.7 Å². The Morgan fingerprint density at radius 1 is 0.962 bits per heavy atom. The zero-order valence-corrected chi connectivity index (χ0v) is 14.9. The van der Waals surface area contributed by atoms with Crippen molar-refractivity contribution in [3.63, 3.8) is 0 Å². The molecule has 0 saturated carbocycles. The normalized spacial score (nSPS) is 17.4. The minimum atomic E-state index is -0.115. The topological polar surface area (TPSA) is 57.7 Å². The summed E-state index contributed by atoms with van der Waals surface area (Å²) in [6.45, 7) is 5.23. The monoisotopic (exact) mass is 352 g/mol. The van der Waals surface area contributed by atoms with Crippen molar-refractivity contribution in [3.8, 4) is 0 Å². The average Bonchev–Trinajstić information content (AvgIpc) is 3.24. The van der Waals surface area contributed by atoms with Gasteiger partial charge in [-0.3, -0.25) is 4.79 Å². The maximum absolute atomic E-state index is 12.6. The lowest BCUT2D eigenvalue weighted by molar-refractivity contribution is 0.102. The summed E-state index contributed by atoms with van der Waals surface area (Å²) in [6, 6.07) is 11.7. The van der Waals surface area contributed by atoms with Crippen molar-refractivity contribution in [2.45, 2.75) is 12.8 Å². The van der Waals surface area contributed by atoms with E-state index >= 15 is 0 Å². The first-order chi connectivity index (χ1) is 12.8. The first kappa shape index (κ1) is 16.8. The highest BCUT2D eigenvalue weighted by Crippen LogP contribution is 2.22. The number of benzene rings is 1. The Labute approximate surface area is 153 Å². The molecule has 136 valence electrons. The van der Waals surface area contributed by atoms with E-state index in [2.05, 4.69) is 32.2 Å². The largest absolute Gasteiger partial charge is 0.378 e. The molecule has 0 bridgehead atoms. The van der Waals surface area contributed by atoms with Gasteiger partial charge < -0.3 is 19.9 Å². The molecule has 0 atom stereocenters. The number of carbonyl (C=O) groups is 1. The number of pyridine rings is 1. The van der Waals surface area contributed by atoms with E-state index < -0.39 is 0 Å². The highest BCUT2D eigenvalue weighted by molar-refractivity contribution is 6.04. The lowest BCUT2D eigenvalue weighted by Gasteiger charge is -2.27. The highest BCUT2D eigenvalue weighted by Gasteiger charge is 2.15. The first-order valence-electron chi connectivity index (χ1n) is 9.25. The summed E-state index contributed by atoms with van der Waals surface area (Å²) < 4.78 is 5.37. The van der Waals surface area contributed by atoms with Crippen LogP contribution < -0.4 is 15.1 Å². The van der Waals surface area contributed by atoms with Crippen molar-refractivity contribution in [2.75, 3.05) is 54.5 Å². The minimum Gasteiger partial charge on any atom is -0.378 e. The molecular weight excluding hydrogens is 328 g/mol. The molecule has 0 unspecified atom stereocenters. The average molecular weight is 352 g/mol. The van der Waals surface area contributed by atoms with Crippen molar-refractivity contribution in [1.82, 2.24) is 4.98 Å². The smallest absolute Gasteiger partial charge is 0.255 e. The van der Waals surface area contributed by atoms with Crippen LogP contribution in [0.1, 0.15) is 23.2 Å². The van der Waals surface area contributed by atoms with Gasteiger partial charge in [0.1, 0.15) is 5.82 Å². The lowest BCUT2D eigenvalue weighted by atomic mass is 10.2. The van der Waals surface area contributed by atoms with Gasteiger partial charge >= 0.3 is 0 Å². The number of ether oxygens (including phenoxy) is 1. The second-order valence-electron chi connectivity index (χ2n) is 6.70. The molecule has 2 aliphatic rings. The summed E-state index contributed by atoms with van der Waals surface area (Å²) >= 11 is 0. The number of amides is 1. The van der Waals surface area contributed by atoms with E-state index in [-0.39, 0.29) is 5.91 Å². The number of morpholine rings is 1. The molecule has 1 aromatic heterocycles. The van der Waals surface area contributed by atoms with Crippen LogP contribution in [0.15, 0.2) is 42.6 Å². The number of carbonyl (C=O) groups excluding carboxylic acids is 1. The second kappa shape index (κ2) is 7.74. The Bertz CT molecular complexity index is 751. The Kier molecular flexibility index (Phi) is 5.02. The minimum absolute atomic E-state index is 0.115. The van der Waals surface area contributed by atoms with Crippen LogP contribution in [0.4, 0.5) is 17.2 Å². The van der Waals surface area contributed by atoms with Crippen LogP contribution in [0.2, 0.25) is 0 Å². The van der Waals surface area contributed by atoms with Crippen molar-refractivity contribution in [1.29, 1.82) is 0 Å². The standard InChI is InChI=1S/C20H24N4O2/c25-20(16-7-8-21-19(15-16)24-11-13-26-14-12-24)22-17-3-5-18(6-4-17)23-9-1-2-10-23/h3-8,15H,1-2,9-14H2,(H,22,25). The molecule has 2 fully saturated rings. The van der Waals surface area contributed by atoms with Crippen LogP contribution in [0.3, 0.4) is 0 Å². The summed E-state index contributed by atoms with van der Waals surface area (Å²) in [4.78, 5) is 21.5. The maximum atomic E-state index is 12.6. The van der Waals surface area contributed by atoms with Gasteiger partial charge in [-0.25, -0.2) is 4.98 Å². The fraction of sp³-hybridized carbons (Fsp3) is 0.400. The van der Waals surface area contributed by atoms with Gasteiger partial charge in [0.25, 0.3) is 5.91 Å². The van der Waals surface area contributed by atoms with Crippen molar-refractivity contribution < 1.29 is 9.53 Å². The van der Waals surface area contributed by atoms with Crippen LogP contribution >= 0.6 is 0 Å². The molecule has 0 radical (unpaired) electrons. The van der Waals surface area contributed by atoms with Gasteiger partial charge in [0.05, 0.1) is 13.2 Å². The zero-order valence-electron chi connectivity index (χ0n) is 14.9. The highest BCUT2D eigenvalue weighted by atomic mass is 16.5. The number of nitrogens with one attached hydrogen (secondary N) is 1. The third-order valence-corrected chi connectivity index (χ3v) is 4.94. The predicted molar refractivity (Wildman–Crippen MR) is 103 cm³/mol. The first-order valence-corrected chi connectivity index (χ1v) is 9.25. The number of aromatic nitrogens is 1. The van der Waals surface area contributed by atoms with Crippen LogP contribution in [0.25, 0.3) is 0 Å². The van der Waals surface area contributed by atoms with Gasteiger partial charge in [-0.2, -0.15) is 0 Å². The molecular formula is C20H24N4O2. The molecule has 6 heteroatoms. The van der Waals surface area contributed by atoms with Crippen molar-refractivity contribution in [3.05, 3.63) is 48.2 Å². The number of nitrogens with zero attached hydrogens (tertiary/aromatic N) is 3. The molecule has 1 N–H and O–H groups in total. The SMILES string of the molecule is O=C(Nc1ccc(N2CCCC2)cc1)c1ccnc(N2CCOCC2)c1. The number of rotatable bonds is 4. The molecule has 2 aliphatic heterocycles. The molecule has 1 amide bonds. The molecule has 26 heavy (non-hydrogen) atoms. The molecule has 2 saturated heterocycles. The molecule has 4 rings (SSSR count). The summed E-state index contributed by atoms with van der Waals surface area (Å²) in [6.07, 6.45) is 4.20. The quantitative estimate of drug-likeness (QED) is 0.917. The number of hydrogen-bond acceptors (Lipinski definition) is 5. The summed E-state index contributed by atoms with van der Waals surface area (Å²) in [7, 11) is 0. The third-order valence-electron chi connectivity index (χ3n) is 4.94. The van der Waals surface area contributed by atoms with E-state index in [4.69, 9.17) is 4.74 Å². The van der Waals surface area contributed by atoms with Gasteiger partial charge in [0.15, 0.2) is 0 Å². The summed E-state index contributed by atoms with van der Waals surface area (Å²) in [5.74, 6) is 0.709. The fourth-order valence-electron chi connectivity index (χ4n) is 3.46. The van der Waals surface area contributed by atoms with Crippen molar-refractivity contribution >= 4 is 23.1 Å². The Hall–Kier alpha value is -2.60. The lowest BCUT2D eigenvalue weighted by Crippen LogP contribution is -2.36.